The number of aryl methyl sites for hydroxylation is 1. The number of nitrogens with zero attached hydrogens (tertiary/aromatic N) is 3. The molecule has 2 heterocycles. The topological polar surface area (TPSA) is 69.0 Å². The van der Waals surface area contributed by atoms with Crippen LogP contribution < -0.4 is 10.1 Å². The lowest BCUT2D eigenvalue weighted by molar-refractivity contribution is -0.121. The Balaban J connectivity index is 1.34. The highest BCUT2D eigenvalue weighted by atomic mass is 32.1. The van der Waals surface area contributed by atoms with Crippen LogP contribution in [0, 0.1) is 0 Å². The number of para-hydroxylation sites is 1. The van der Waals surface area contributed by atoms with Gasteiger partial charge in [-0.2, -0.15) is 0 Å². The predicted molar refractivity (Wildman–Crippen MR) is 140 cm³/mol. The first-order chi connectivity index (χ1) is 17.0. The molecule has 1 atom stereocenters. The van der Waals surface area contributed by atoms with Gasteiger partial charge in [-0.1, -0.05) is 42.5 Å². The summed E-state index contributed by atoms with van der Waals surface area (Å²) in [5, 5.41) is 4.04. The van der Waals surface area contributed by atoms with E-state index < -0.39 is 5.41 Å². The average Bonchev–Trinajstić information content (AvgIpc) is 3.48. The molecular formula is C28H26N4O2S. The van der Waals surface area contributed by atoms with Crippen molar-refractivity contribution >= 4 is 33.1 Å². The number of benzene rings is 3. The number of carbonyl (C=O) groups is 1. The summed E-state index contributed by atoms with van der Waals surface area (Å²) in [4.78, 5) is 22.7. The van der Waals surface area contributed by atoms with Crippen LogP contribution in [0.15, 0.2) is 91.3 Å². The monoisotopic (exact) mass is 482 g/mol. The zero-order valence-electron chi connectivity index (χ0n) is 19.6. The Morgan fingerprint density at radius 1 is 1.03 bits per heavy atom. The van der Waals surface area contributed by atoms with Crippen molar-refractivity contribution in [3.05, 3.63) is 108 Å². The fraction of sp³-hybridized carbons (Fsp3) is 0.179. The fourth-order valence-corrected chi connectivity index (χ4v) is 5.13. The van der Waals surface area contributed by atoms with Gasteiger partial charge in [0.25, 0.3) is 0 Å². The normalized spacial score (nSPS) is 12.9. The quantitative estimate of drug-likeness (QED) is 0.306. The third-order valence-electron chi connectivity index (χ3n) is 6.16. The van der Waals surface area contributed by atoms with Crippen molar-refractivity contribution in [1.82, 2.24) is 14.5 Å². The van der Waals surface area contributed by atoms with Crippen LogP contribution in [0.5, 0.6) is 5.75 Å². The van der Waals surface area contributed by atoms with Gasteiger partial charge >= 0.3 is 0 Å². The maximum absolute atomic E-state index is 13.7. The molecule has 5 aromatic rings. The molecule has 0 saturated heterocycles. The number of nitrogens with one attached hydrogen (secondary N) is 1. The van der Waals surface area contributed by atoms with Gasteiger partial charge < -0.3 is 14.6 Å². The van der Waals surface area contributed by atoms with Crippen LogP contribution >= 0.6 is 11.3 Å². The number of aromatic nitrogens is 3. The number of hydrogen-bond donors (Lipinski definition) is 1. The highest BCUT2D eigenvalue weighted by molar-refractivity contribution is 7.18. The van der Waals surface area contributed by atoms with E-state index in [9.17, 15) is 4.79 Å². The second-order valence-electron chi connectivity index (χ2n) is 8.67. The van der Waals surface area contributed by atoms with E-state index in [1.165, 1.54) is 0 Å². The molecule has 0 aliphatic rings. The maximum atomic E-state index is 13.7. The zero-order valence-corrected chi connectivity index (χ0v) is 20.5. The second kappa shape index (κ2) is 9.72. The lowest BCUT2D eigenvalue weighted by Crippen LogP contribution is -2.39. The summed E-state index contributed by atoms with van der Waals surface area (Å²) in [5.41, 5.74) is 1.84. The lowest BCUT2D eigenvalue weighted by atomic mass is 9.78. The first-order valence-corrected chi connectivity index (χ1v) is 12.2. The van der Waals surface area contributed by atoms with Crippen LogP contribution in [0.1, 0.15) is 23.3 Å². The molecular weight excluding hydrogens is 456 g/mol. The van der Waals surface area contributed by atoms with Gasteiger partial charge in [0.1, 0.15) is 18.2 Å². The summed E-state index contributed by atoms with van der Waals surface area (Å²) in [7, 11) is 1.93. The van der Waals surface area contributed by atoms with Crippen molar-refractivity contribution in [3.63, 3.8) is 0 Å². The van der Waals surface area contributed by atoms with Crippen molar-refractivity contribution in [3.8, 4) is 5.75 Å². The Morgan fingerprint density at radius 3 is 2.49 bits per heavy atom. The molecule has 1 amide bonds. The summed E-state index contributed by atoms with van der Waals surface area (Å²) in [6, 6.07) is 25.4. The maximum Gasteiger partial charge on any atom is 0.235 e. The molecule has 0 saturated carbocycles. The van der Waals surface area contributed by atoms with E-state index >= 15 is 0 Å². The third kappa shape index (κ3) is 4.95. The number of amides is 1. The fourth-order valence-electron chi connectivity index (χ4n) is 4.00. The smallest absolute Gasteiger partial charge is 0.235 e. The van der Waals surface area contributed by atoms with E-state index in [2.05, 4.69) is 16.4 Å². The van der Waals surface area contributed by atoms with Crippen LogP contribution in [0.3, 0.4) is 0 Å². The van der Waals surface area contributed by atoms with E-state index in [0.717, 1.165) is 26.6 Å². The van der Waals surface area contributed by atoms with Gasteiger partial charge in [0, 0.05) is 31.5 Å². The molecule has 7 heteroatoms. The SMILES string of the molecule is Cn1ccnc1COc1ccc(NC(=O)C(C)(Cc2nc3ccccc3s2)c2ccccc2)cc1. The van der Waals surface area contributed by atoms with E-state index in [1.54, 1.807) is 17.5 Å². The Bertz CT molecular complexity index is 1410. The van der Waals surface area contributed by atoms with E-state index in [0.29, 0.717) is 24.5 Å². The second-order valence-corrected chi connectivity index (χ2v) is 9.79. The number of carbonyl (C=O) groups excluding carboxylic acids is 1. The van der Waals surface area contributed by atoms with Crippen LogP contribution in [0.4, 0.5) is 5.69 Å². The molecule has 1 N–H and O–H groups in total. The van der Waals surface area contributed by atoms with Gasteiger partial charge in [0.15, 0.2) is 0 Å². The van der Waals surface area contributed by atoms with Crippen molar-refractivity contribution in [1.29, 1.82) is 0 Å². The highest BCUT2D eigenvalue weighted by Gasteiger charge is 2.36. The molecule has 176 valence electrons. The third-order valence-corrected chi connectivity index (χ3v) is 7.19. The summed E-state index contributed by atoms with van der Waals surface area (Å²) in [6.45, 7) is 2.36. The van der Waals surface area contributed by atoms with Crippen LogP contribution in [0.25, 0.3) is 10.2 Å². The first-order valence-electron chi connectivity index (χ1n) is 11.4. The zero-order chi connectivity index (χ0) is 24.3. The minimum Gasteiger partial charge on any atom is -0.486 e. The number of fused-ring (bicyclic) bond motifs is 1. The number of imidazole rings is 1. The van der Waals surface area contributed by atoms with E-state index in [4.69, 9.17) is 9.72 Å². The molecule has 35 heavy (non-hydrogen) atoms. The molecule has 1 unspecified atom stereocenters. The van der Waals surface area contributed by atoms with Gasteiger partial charge in [-0.05, 0) is 48.9 Å². The van der Waals surface area contributed by atoms with Gasteiger partial charge in [0.2, 0.25) is 5.91 Å². The first kappa shape index (κ1) is 22.8. The summed E-state index contributed by atoms with van der Waals surface area (Å²) in [6.07, 6.45) is 4.14. The number of thiazole rings is 1. The van der Waals surface area contributed by atoms with Gasteiger partial charge in [-0.3, -0.25) is 4.79 Å². The molecule has 0 aliphatic heterocycles. The highest BCUT2D eigenvalue weighted by Crippen LogP contribution is 2.33. The molecule has 0 radical (unpaired) electrons. The number of rotatable bonds is 8. The van der Waals surface area contributed by atoms with Gasteiger partial charge in [-0.25, -0.2) is 9.97 Å². The van der Waals surface area contributed by atoms with Gasteiger partial charge in [0.05, 0.1) is 20.6 Å². The molecule has 3 aromatic carbocycles. The molecule has 6 nitrogen and oxygen atoms in total. The molecule has 0 bridgehead atoms. The van der Waals surface area contributed by atoms with E-state index in [1.807, 2.05) is 97.5 Å². The number of ether oxygens (including phenoxy) is 1. The number of anilines is 1. The molecule has 2 aromatic heterocycles. The Hall–Kier alpha value is -3.97. The summed E-state index contributed by atoms with van der Waals surface area (Å²) in [5.74, 6) is 1.48. The van der Waals surface area contributed by atoms with Crippen molar-refractivity contribution in [2.45, 2.75) is 25.4 Å². The molecule has 0 spiro atoms. The predicted octanol–water partition coefficient (Wildman–Crippen LogP) is 5.75. The summed E-state index contributed by atoms with van der Waals surface area (Å²) < 4.78 is 8.88. The lowest BCUT2D eigenvalue weighted by Gasteiger charge is -2.28. The van der Waals surface area contributed by atoms with Crippen molar-refractivity contribution < 1.29 is 9.53 Å². The van der Waals surface area contributed by atoms with Crippen LogP contribution in [0.2, 0.25) is 0 Å². The standard InChI is InChI=1S/C28H26N4O2S/c1-28(20-8-4-3-5-9-20,18-26-31-23-10-6-7-11-24(23)35-26)27(33)30-21-12-14-22(15-13-21)34-19-25-29-16-17-32(25)2/h3-17H,18-19H2,1-2H3,(H,30,33). The van der Waals surface area contributed by atoms with Crippen molar-refractivity contribution in [2.75, 3.05) is 5.32 Å². The molecule has 0 aliphatic carbocycles. The molecule has 5 rings (SSSR count). The van der Waals surface area contributed by atoms with Crippen LogP contribution in [-0.2, 0) is 30.3 Å². The van der Waals surface area contributed by atoms with Gasteiger partial charge in [-0.15, -0.1) is 11.3 Å². The van der Waals surface area contributed by atoms with Crippen LogP contribution in [-0.4, -0.2) is 20.4 Å². The largest absolute Gasteiger partial charge is 0.486 e. The average molecular weight is 483 g/mol. The van der Waals surface area contributed by atoms with Crippen molar-refractivity contribution in [2.24, 2.45) is 7.05 Å². The Kier molecular flexibility index (Phi) is 6.33. The number of hydrogen-bond acceptors (Lipinski definition) is 5. The summed E-state index contributed by atoms with van der Waals surface area (Å²) >= 11 is 1.64. The molecule has 0 fully saturated rings. The Labute approximate surface area is 208 Å². The minimum atomic E-state index is -0.789. The Morgan fingerprint density at radius 2 is 1.77 bits per heavy atom. The van der Waals surface area contributed by atoms with E-state index in [-0.39, 0.29) is 5.91 Å². The minimum absolute atomic E-state index is 0.0790.